The molecule has 0 aromatic carbocycles. The van der Waals surface area contributed by atoms with Crippen LogP contribution in [0.3, 0.4) is 0 Å². The van der Waals surface area contributed by atoms with E-state index in [1.807, 2.05) is 0 Å². The number of carbonyl (C=O) groups excluding carboxylic acids is 4. The predicted molar refractivity (Wildman–Crippen MR) is 376 cm³/mol. The standard InChI is InChI=1S/C36H64N5O20P.C25H42N5O16P.CH4/c1-22-39-27(37)6-7-41(22)34-32(48)31(47)26(59-34)21-58-62(5,50)61-36(2)16-24(43)29(33(60-36)30(46)25(44)18-42)40-28(45)17-38-35(49)57-20-23(56-15-14-54-11-9-52-4)19-55-13-12-53-10-8-51-3;1-25(46-47(3,40)43-11-14-19(36)20(37)22(44-14)30-5-4-15(26)28-23(30)38)8-12(32)17(21(45-25)18(35)13(33)10-31)29-16(34)9-27-24(39)42-7-6-41-2;/h6-7,23-26,29-34,42-44,46-48H,1,8-21H2,2-5H3,(H2,37,39)(H,38,49)(H,40,45);4-5,12-14,17-22,31-33,35-37H,6-11H2,1-3H3,(H,27,39)(H,29,34)(H2,26,28,38);1H4/t23?,24-,25-,26?,29-,30-,31-,32-,33?,34-,36+,62?;12-,13-,14?,17-,18-,19-,20-,21?,22-,25+,47?;/m11./s1. The van der Waals surface area contributed by atoms with Crippen molar-refractivity contribution in [2.45, 2.75) is 162 Å². The number of anilines is 1. The molecule has 0 saturated carbocycles. The Balaban J connectivity index is 0.000000477. The number of alkyl carbamates (subject to hydrolysis) is 2. The number of hydrogen-bond donors (Lipinski definition) is 18. The van der Waals surface area contributed by atoms with Crippen LogP contribution in [0.5, 0.6) is 0 Å². The SMILES string of the molecule is C.C=C1N=C(N)C=CN1[C@@H]1OC(COP(C)(=O)O[C@@]2(C)C[C@@H](O)[C@@H](NC(=O)CNC(=O)OCC(COCCOCCOC)OCCOCCOC)C([C@H](O)[C@H](O)CO)O2)[C@@H](O)[C@H]1O.COCCOC(=O)NCC(=O)N[C@H]1C([C@H](O)[C@H](O)CO)O[C@@](C)(OP(C)(=O)OCC2O[C@@H](n3ccc(N)nc3=O)[C@H](O)[C@@H]2O)C[C@H]1O. The molecule has 0 aliphatic carbocycles. The van der Waals surface area contributed by atoms with Gasteiger partial charge >= 0.3 is 33.1 Å². The van der Waals surface area contributed by atoms with Gasteiger partial charge < -0.3 is 170 Å². The van der Waals surface area contributed by atoms with E-state index in [0.717, 1.165) is 17.9 Å². The minimum Gasteiger partial charge on any atom is -0.447 e. The molecular weight excluding hydrogens is 1520 g/mol. The zero-order chi connectivity index (χ0) is 81.0. The van der Waals surface area contributed by atoms with Gasteiger partial charge in [0.15, 0.2) is 24.0 Å². The number of rotatable bonds is 44. The summed E-state index contributed by atoms with van der Waals surface area (Å²) >= 11 is 0. The number of methoxy groups -OCH3 is 3. The van der Waals surface area contributed by atoms with Crippen LogP contribution in [-0.4, -0.2) is 380 Å². The summed E-state index contributed by atoms with van der Waals surface area (Å²) in [5.74, 6) is -5.51. The van der Waals surface area contributed by atoms with Gasteiger partial charge in [-0.3, -0.25) is 32.3 Å². The Labute approximate surface area is 633 Å². The van der Waals surface area contributed by atoms with Crippen molar-refractivity contribution in [2.75, 3.05) is 159 Å². The largest absolute Gasteiger partial charge is 0.447 e. The summed E-state index contributed by atoms with van der Waals surface area (Å²) in [6.45, 7) is 6.28. The quantitative estimate of drug-likeness (QED) is 0.0213. The monoisotopic (exact) mass is 1630 g/mol. The molecule has 7 unspecified atom stereocenters. The Bertz CT molecular complexity index is 3230. The predicted octanol–water partition coefficient (Wildman–Crippen LogP) is -7.16. The second-order valence-electron chi connectivity index (χ2n) is 25.5. The Kier molecular flexibility index (Phi) is 40.9. The summed E-state index contributed by atoms with van der Waals surface area (Å²) in [4.78, 5) is 70.9. The zero-order valence-electron chi connectivity index (χ0n) is 61.1. The molecule has 6 heterocycles. The molecule has 48 heteroatoms. The Hall–Kier alpha value is -5.71. The highest BCUT2D eigenvalue weighted by molar-refractivity contribution is 7.53. The summed E-state index contributed by atoms with van der Waals surface area (Å²) in [6, 6.07) is -1.62. The van der Waals surface area contributed by atoms with Crippen molar-refractivity contribution < 1.29 is 169 Å². The first-order valence-corrected chi connectivity index (χ1v) is 38.0. The first-order chi connectivity index (χ1) is 51.4. The van der Waals surface area contributed by atoms with Gasteiger partial charge in [0.25, 0.3) is 0 Å². The van der Waals surface area contributed by atoms with Crippen LogP contribution >= 0.6 is 15.2 Å². The maximum atomic E-state index is 13.6. The molecule has 1 aromatic heterocycles. The van der Waals surface area contributed by atoms with Crippen LogP contribution in [0.25, 0.3) is 0 Å². The van der Waals surface area contributed by atoms with E-state index in [-0.39, 0.29) is 71.1 Å². The second kappa shape index (κ2) is 46.6. The third-order valence-electron chi connectivity index (χ3n) is 16.5. The highest BCUT2D eigenvalue weighted by Gasteiger charge is 2.55. The number of nitrogens with two attached hydrogens (primary N) is 2. The summed E-state index contributed by atoms with van der Waals surface area (Å²) in [5, 5.41) is 135. The molecule has 4 amide bonds. The second-order valence-corrected chi connectivity index (χ2v) is 29.4. The Morgan fingerprint density at radius 3 is 1.57 bits per heavy atom. The van der Waals surface area contributed by atoms with E-state index in [0.29, 0.717) is 33.0 Å². The number of nitrogens with one attached hydrogen (secondary N) is 4. The van der Waals surface area contributed by atoms with Crippen LogP contribution in [0.2, 0.25) is 0 Å². The maximum Gasteiger partial charge on any atom is 0.407 e. The minimum atomic E-state index is -4.19. The van der Waals surface area contributed by atoms with Crippen LogP contribution in [0.4, 0.5) is 15.4 Å². The average molecular weight is 1630 g/mol. The molecule has 0 bridgehead atoms. The van der Waals surface area contributed by atoms with E-state index in [4.69, 9.17) is 91.1 Å². The van der Waals surface area contributed by atoms with E-state index >= 15 is 0 Å². The molecular formula is C62H110N10O36P2. The summed E-state index contributed by atoms with van der Waals surface area (Å²) < 4.78 is 120. The van der Waals surface area contributed by atoms with Crippen molar-refractivity contribution in [3.05, 3.63) is 47.4 Å². The van der Waals surface area contributed by atoms with Crippen molar-refractivity contribution in [2.24, 2.45) is 10.7 Å². The van der Waals surface area contributed by atoms with Crippen LogP contribution in [0.1, 0.15) is 40.3 Å². The molecule has 20 N–H and O–H groups in total. The lowest BCUT2D eigenvalue weighted by molar-refractivity contribution is -0.283. The molecule has 23 atom stereocenters. The molecule has 46 nitrogen and oxygen atoms in total. The number of hydrogen-bond acceptors (Lipinski definition) is 41. The van der Waals surface area contributed by atoms with Gasteiger partial charge in [-0.2, -0.15) is 4.98 Å². The minimum absolute atomic E-state index is 0. The number of amides is 4. The summed E-state index contributed by atoms with van der Waals surface area (Å²) in [5.41, 5.74) is 10.3. The number of nitrogens with zero attached hydrogens (tertiary/aromatic N) is 4. The zero-order valence-corrected chi connectivity index (χ0v) is 62.9. The van der Waals surface area contributed by atoms with Crippen LogP contribution < -0.4 is 38.4 Å². The molecule has 4 fully saturated rings. The van der Waals surface area contributed by atoms with Gasteiger partial charge in [0.1, 0.15) is 123 Å². The number of aliphatic imine (C=N–C) groups is 1. The first kappa shape index (κ1) is 96.7. The number of nitrogen functional groups attached to an aromatic ring is 1. The lowest BCUT2D eigenvalue weighted by Gasteiger charge is -2.47. The topological polar surface area (TPSA) is 653 Å². The molecule has 1 aromatic rings. The molecule has 110 heavy (non-hydrogen) atoms. The normalized spacial score (nSPS) is 29.8. The number of aromatic nitrogens is 2. The number of aliphatic hydroxyl groups excluding tert-OH is 12. The van der Waals surface area contributed by atoms with Gasteiger partial charge in [0.2, 0.25) is 11.8 Å². The van der Waals surface area contributed by atoms with Crippen molar-refractivity contribution in [1.82, 2.24) is 35.7 Å². The molecule has 0 radical (unpaired) electrons. The van der Waals surface area contributed by atoms with Gasteiger partial charge in [0.05, 0.1) is 117 Å². The van der Waals surface area contributed by atoms with E-state index < -0.39 is 225 Å². The van der Waals surface area contributed by atoms with Crippen molar-refractivity contribution in [3.63, 3.8) is 0 Å². The van der Waals surface area contributed by atoms with E-state index in [1.54, 1.807) is 14.2 Å². The number of carbonyl (C=O) groups is 4. The van der Waals surface area contributed by atoms with Crippen LogP contribution in [0, 0.1) is 0 Å². The first-order valence-electron chi connectivity index (χ1n) is 34.0. The third-order valence-corrected chi connectivity index (χ3v) is 19.2. The van der Waals surface area contributed by atoms with Crippen molar-refractivity contribution in [3.8, 4) is 0 Å². The van der Waals surface area contributed by atoms with Crippen LogP contribution in [0.15, 0.2) is 46.7 Å². The molecule has 5 aliphatic rings. The molecule has 4 saturated heterocycles. The fraction of sp³-hybridized carbons (Fsp3) is 0.790. The molecule has 0 spiro atoms. The van der Waals surface area contributed by atoms with Gasteiger partial charge in [-0.15, -0.1) is 0 Å². The van der Waals surface area contributed by atoms with Gasteiger partial charge in [-0.25, -0.2) is 19.4 Å². The lowest BCUT2D eigenvalue weighted by atomic mass is 9.89. The van der Waals surface area contributed by atoms with E-state index in [1.165, 1.54) is 50.4 Å². The Morgan fingerprint density at radius 1 is 0.655 bits per heavy atom. The van der Waals surface area contributed by atoms with Crippen molar-refractivity contribution in [1.29, 1.82) is 0 Å². The third kappa shape index (κ3) is 30.6. The molecule has 5 aliphatic heterocycles. The summed E-state index contributed by atoms with van der Waals surface area (Å²) in [6.07, 6.45) is -24.8. The number of amidine groups is 1. The maximum absolute atomic E-state index is 13.6. The lowest BCUT2D eigenvalue weighted by Crippen LogP contribution is -2.66. The molecule has 6 rings (SSSR count). The average Bonchev–Trinajstić information content (AvgIpc) is 1.12. The van der Waals surface area contributed by atoms with E-state index in [9.17, 15) is 94.4 Å². The number of ether oxygens (including phenoxy) is 13. The highest BCUT2D eigenvalue weighted by atomic mass is 31.2. The van der Waals surface area contributed by atoms with Gasteiger partial charge in [-0.05, 0) is 26.0 Å². The molecule has 634 valence electrons. The fourth-order valence-electron chi connectivity index (χ4n) is 11.2. The smallest absolute Gasteiger partial charge is 0.407 e. The van der Waals surface area contributed by atoms with Gasteiger partial charge in [-0.1, -0.05) is 14.0 Å². The highest BCUT2D eigenvalue weighted by Crippen LogP contribution is 2.53. The Morgan fingerprint density at radius 2 is 1.10 bits per heavy atom. The number of aliphatic hydroxyl groups is 12. The van der Waals surface area contributed by atoms with Crippen LogP contribution in [-0.2, 0) is 98.4 Å². The van der Waals surface area contributed by atoms with Crippen molar-refractivity contribution >= 4 is 50.8 Å². The summed E-state index contributed by atoms with van der Waals surface area (Å²) in [7, 11) is -3.88. The fourth-order valence-corrected chi connectivity index (χ4v) is 13.8. The van der Waals surface area contributed by atoms with Gasteiger partial charge in [0, 0.05) is 59.9 Å². The van der Waals surface area contributed by atoms with E-state index in [2.05, 4.69) is 37.8 Å².